The molecule has 1 aliphatic rings. The number of anilines is 1. The molecule has 1 saturated carbocycles. The zero-order chi connectivity index (χ0) is 13.1. The molecule has 1 aromatic rings. The van der Waals surface area contributed by atoms with E-state index in [9.17, 15) is 0 Å². The maximum atomic E-state index is 6.05. The summed E-state index contributed by atoms with van der Waals surface area (Å²) in [5, 5.41) is 0. The average molecular weight is 359 g/mol. The standard InChI is InChI=1S/C14H22IN3/c1-9(2)8-11-12(15)13(16)18-14(17-11)10-6-4-3-5-7-10/h9-10H,3-8H2,1-2H3,(H2,16,17,18). The van der Waals surface area contributed by atoms with Gasteiger partial charge in [-0.3, -0.25) is 0 Å². The lowest BCUT2D eigenvalue weighted by molar-refractivity contribution is 0.427. The fraction of sp³-hybridized carbons (Fsp3) is 0.714. The van der Waals surface area contributed by atoms with Crippen molar-refractivity contribution in [3.8, 4) is 0 Å². The Hall–Kier alpha value is -0.390. The second-order valence-corrected chi connectivity index (χ2v) is 6.74. The average Bonchev–Trinajstić information content (AvgIpc) is 2.35. The van der Waals surface area contributed by atoms with Crippen molar-refractivity contribution in [2.75, 3.05) is 5.73 Å². The number of hydrogen-bond acceptors (Lipinski definition) is 3. The molecule has 100 valence electrons. The summed E-state index contributed by atoms with van der Waals surface area (Å²) in [6, 6.07) is 0. The lowest BCUT2D eigenvalue weighted by Crippen LogP contribution is -2.14. The van der Waals surface area contributed by atoms with Gasteiger partial charge in [0.05, 0.1) is 9.26 Å². The molecule has 0 spiro atoms. The van der Waals surface area contributed by atoms with Gasteiger partial charge in [-0.05, 0) is 47.8 Å². The van der Waals surface area contributed by atoms with E-state index in [2.05, 4.69) is 41.4 Å². The monoisotopic (exact) mass is 359 g/mol. The maximum absolute atomic E-state index is 6.05. The van der Waals surface area contributed by atoms with Crippen molar-refractivity contribution in [3.63, 3.8) is 0 Å². The molecule has 0 aliphatic heterocycles. The molecule has 0 saturated heterocycles. The van der Waals surface area contributed by atoms with Crippen molar-refractivity contribution in [2.45, 2.75) is 58.3 Å². The minimum atomic E-state index is 0.531. The number of nitrogens with zero attached hydrogens (tertiary/aromatic N) is 2. The number of nitrogens with two attached hydrogens (primary N) is 1. The zero-order valence-electron chi connectivity index (χ0n) is 11.2. The summed E-state index contributed by atoms with van der Waals surface area (Å²) in [7, 11) is 0. The van der Waals surface area contributed by atoms with E-state index in [0.29, 0.717) is 17.7 Å². The van der Waals surface area contributed by atoms with Crippen LogP contribution in [0.3, 0.4) is 0 Å². The van der Waals surface area contributed by atoms with E-state index < -0.39 is 0 Å². The van der Waals surface area contributed by atoms with Crippen LogP contribution in [0.1, 0.15) is 63.4 Å². The highest BCUT2D eigenvalue weighted by Crippen LogP contribution is 2.32. The van der Waals surface area contributed by atoms with E-state index in [0.717, 1.165) is 21.5 Å². The minimum Gasteiger partial charge on any atom is -0.383 e. The number of halogens is 1. The van der Waals surface area contributed by atoms with Crippen LogP contribution in [-0.4, -0.2) is 9.97 Å². The lowest BCUT2D eigenvalue weighted by atomic mass is 9.88. The van der Waals surface area contributed by atoms with Gasteiger partial charge in [0.1, 0.15) is 11.6 Å². The van der Waals surface area contributed by atoms with Gasteiger partial charge < -0.3 is 5.73 Å². The number of nitrogen functional groups attached to an aromatic ring is 1. The van der Waals surface area contributed by atoms with Crippen molar-refractivity contribution < 1.29 is 0 Å². The van der Waals surface area contributed by atoms with Crippen LogP contribution in [0.5, 0.6) is 0 Å². The summed E-state index contributed by atoms with van der Waals surface area (Å²) in [4.78, 5) is 9.32. The van der Waals surface area contributed by atoms with Gasteiger partial charge in [-0.25, -0.2) is 9.97 Å². The number of aromatic nitrogens is 2. The summed E-state index contributed by atoms with van der Waals surface area (Å²) in [6.45, 7) is 4.43. The second-order valence-electron chi connectivity index (χ2n) is 5.66. The Morgan fingerprint density at radius 2 is 1.89 bits per heavy atom. The van der Waals surface area contributed by atoms with Gasteiger partial charge in [-0.1, -0.05) is 33.1 Å². The molecule has 2 N–H and O–H groups in total. The Morgan fingerprint density at radius 1 is 1.22 bits per heavy atom. The first kappa shape index (κ1) is 14.0. The summed E-state index contributed by atoms with van der Waals surface area (Å²) in [5.74, 6) is 2.79. The molecule has 0 aromatic carbocycles. The van der Waals surface area contributed by atoms with Gasteiger partial charge in [0.15, 0.2) is 0 Å². The highest BCUT2D eigenvalue weighted by Gasteiger charge is 2.20. The Balaban J connectivity index is 2.27. The first-order valence-corrected chi connectivity index (χ1v) is 7.97. The highest BCUT2D eigenvalue weighted by molar-refractivity contribution is 14.1. The molecule has 1 aromatic heterocycles. The van der Waals surface area contributed by atoms with E-state index in [-0.39, 0.29) is 0 Å². The third-order valence-corrected chi connectivity index (χ3v) is 4.71. The predicted octanol–water partition coefficient (Wildman–Crippen LogP) is 3.91. The molecule has 1 aliphatic carbocycles. The molecule has 1 heterocycles. The SMILES string of the molecule is CC(C)Cc1nc(C2CCCCC2)nc(N)c1I. The summed E-state index contributed by atoms with van der Waals surface area (Å²) < 4.78 is 1.04. The Labute approximate surface area is 123 Å². The minimum absolute atomic E-state index is 0.531. The fourth-order valence-electron chi connectivity index (χ4n) is 2.60. The molecular formula is C14H22IN3. The van der Waals surface area contributed by atoms with E-state index >= 15 is 0 Å². The highest BCUT2D eigenvalue weighted by atomic mass is 127. The lowest BCUT2D eigenvalue weighted by Gasteiger charge is -2.21. The van der Waals surface area contributed by atoms with E-state index in [1.807, 2.05) is 0 Å². The van der Waals surface area contributed by atoms with Crippen LogP contribution in [0.15, 0.2) is 0 Å². The Kier molecular flexibility index (Phi) is 4.81. The van der Waals surface area contributed by atoms with Crippen LogP contribution in [0.25, 0.3) is 0 Å². The van der Waals surface area contributed by atoms with Crippen molar-refractivity contribution in [2.24, 2.45) is 5.92 Å². The Morgan fingerprint density at radius 3 is 2.50 bits per heavy atom. The van der Waals surface area contributed by atoms with Gasteiger partial charge in [0.2, 0.25) is 0 Å². The van der Waals surface area contributed by atoms with Crippen LogP contribution < -0.4 is 5.73 Å². The molecule has 0 atom stereocenters. The van der Waals surface area contributed by atoms with Crippen LogP contribution >= 0.6 is 22.6 Å². The topological polar surface area (TPSA) is 51.8 Å². The predicted molar refractivity (Wildman–Crippen MR) is 83.5 cm³/mol. The zero-order valence-corrected chi connectivity index (χ0v) is 13.4. The molecule has 2 rings (SSSR count). The van der Waals surface area contributed by atoms with E-state index in [1.165, 1.54) is 32.1 Å². The molecule has 1 fully saturated rings. The number of hydrogen-bond donors (Lipinski definition) is 1. The molecule has 4 heteroatoms. The maximum Gasteiger partial charge on any atom is 0.140 e. The van der Waals surface area contributed by atoms with Crippen LogP contribution in [-0.2, 0) is 6.42 Å². The quantitative estimate of drug-likeness (QED) is 0.833. The van der Waals surface area contributed by atoms with Gasteiger partial charge in [-0.15, -0.1) is 0 Å². The van der Waals surface area contributed by atoms with Crippen LogP contribution in [0.2, 0.25) is 0 Å². The van der Waals surface area contributed by atoms with Crippen LogP contribution in [0, 0.1) is 9.49 Å². The van der Waals surface area contributed by atoms with Crippen molar-refractivity contribution in [3.05, 3.63) is 15.1 Å². The van der Waals surface area contributed by atoms with Gasteiger partial charge in [-0.2, -0.15) is 0 Å². The normalized spacial score (nSPS) is 17.3. The molecule has 3 nitrogen and oxygen atoms in total. The van der Waals surface area contributed by atoms with Gasteiger partial charge in [0, 0.05) is 5.92 Å². The van der Waals surface area contributed by atoms with Crippen LogP contribution in [0.4, 0.5) is 5.82 Å². The fourth-order valence-corrected chi connectivity index (χ4v) is 3.06. The van der Waals surface area contributed by atoms with Crippen molar-refractivity contribution in [1.29, 1.82) is 0 Å². The summed E-state index contributed by atoms with van der Waals surface area (Å²) in [5.41, 5.74) is 7.18. The van der Waals surface area contributed by atoms with E-state index in [1.54, 1.807) is 0 Å². The smallest absolute Gasteiger partial charge is 0.140 e. The summed E-state index contributed by atoms with van der Waals surface area (Å²) in [6.07, 6.45) is 7.40. The molecule has 0 unspecified atom stereocenters. The van der Waals surface area contributed by atoms with E-state index in [4.69, 9.17) is 10.7 Å². The van der Waals surface area contributed by atoms with Crippen molar-refractivity contribution in [1.82, 2.24) is 9.97 Å². The number of rotatable bonds is 3. The van der Waals surface area contributed by atoms with Crippen molar-refractivity contribution >= 4 is 28.4 Å². The van der Waals surface area contributed by atoms with Gasteiger partial charge in [0.25, 0.3) is 0 Å². The Bertz CT molecular complexity index is 412. The van der Waals surface area contributed by atoms with Gasteiger partial charge >= 0.3 is 0 Å². The largest absolute Gasteiger partial charge is 0.383 e. The molecule has 0 radical (unpaired) electrons. The first-order valence-electron chi connectivity index (χ1n) is 6.89. The molecular weight excluding hydrogens is 337 g/mol. The molecule has 0 amide bonds. The first-order chi connectivity index (χ1) is 8.58. The summed E-state index contributed by atoms with van der Waals surface area (Å²) >= 11 is 2.28. The third-order valence-electron chi connectivity index (χ3n) is 3.53. The molecule has 18 heavy (non-hydrogen) atoms. The third kappa shape index (κ3) is 3.33. The second kappa shape index (κ2) is 6.17. The molecule has 0 bridgehead atoms.